The molecule has 0 spiro atoms. The van der Waals surface area contributed by atoms with Crippen molar-refractivity contribution in [2.24, 2.45) is 10.2 Å². The van der Waals surface area contributed by atoms with E-state index in [1.54, 1.807) is 42.7 Å². The normalized spacial score (nSPS) is 10.7. The Balaban J connectivity index is 2.11. The summed E-state index contributed by atoms with van der Waals surface area (Å²) < 4.78 is 11.5. The van der Waals surface area contributed by atoms with E-state index in [1.807, 2.05) is 6.07 Å². The summed E-state index contributed by atoms with van der Waals surface area (Å²) in [6.07, 6.45) is 3.17. The maximum atomic E-state index is 13.0. The van der Waals surface area contributed by atoms with Crippen molar-refractivity contribution in [3.05, 3.63) is 69.8 Å². The number of pyridine rings is 2. The van der Waals surface area contributed by atoms with Gasteiger partial charge in [-0.15, -0.1) is 10.2 Å². The zero-order valence-corrected chi connectivity index (χ0v) is 16.7. The second kappa shape index (κ2) is 8.87. The molecule has 0 saturated heterocycles. The van der Waals surface area contributed by atoms with Gasteiger partial charge in [0.25, 0.3) is 5.56 Å². The largest absolute Gasteiger partial charge is 0.497 e. The molecule has 0 unspecified atom stereocenters. The number of methoxy groups -OCH3 is 2. The number of nitriles is 1. The summed E-state index contributed by atoms with van der Waals surface area (Å²) >= 11 is 0. The Morgan fingerprint density at radius 3 is 2.67 bits per heavy atom. The van der Waals surface area contributed by atoms with Crippen LogP contribution in [-0.4, -0.2) is 28.9 Å². The fourth-order valence-corrected chi connectivity index (χ4v) is 2.85. The molecule has 152 valence electrons. The van der Waals surface area contributed by atoms with Crippen molar-refractivity contribution in [1.29, 1.82) is 5.26 Å². The highest BCUT2D eigenvalue weighted by atomic mass is 16.5. The molecule has 0 aliphatic heterocycles. The van der Waals surface area contributed by atoms with E-state index in [2.05, 4.69) is 15.2 Å². The second-order valence-electron chi connectivity index (χ2n) is 6.27. The van der Waals surface area contributed by atoms with E-state index in [4.69, 9.17) is 9.47 Å². The van der Waals surface area contributed by atoms with Crippen LogP contribution in [0.25, 0.3) is 0 Å². The Hall–Kier alpha value is -4.19. The molecule has 1 aromatic carbocycles. The third-order valence-corrected chi connectivity index (χ3v) is 4.48. The van der Waals surface area contributed by atoms with Crippen LogP contribution in [-0.2, 0) is 6.54 Å². The van der Waals surface area contributed by atoms with Crippen LogP contribution in [0.2, 0.25) is 0 Å². The summed E-state index contributed by atoms with van der Waals surface area (Å²) in [5, 5.41) is 28.2. The van der Waals surface area contributed by atoms with Crippen molar-refractivity contribution in [2.75, 3.05) is 14.2 Å². The number of azo groups is 1. The van der Waals surface area contributed by atoms with Gasteiger partial charge in [-0.1, -0.05) is 6.07 Å². The predicted octanol–water partition coefficient (Wildman–Crippen LogP) is 3.61. The Morgan fingerprint density at radius 2 is 2.03 bits per heavy atom. The minimum Gasteiger partial charge on any atom is -0.497 e. The monoisotopic (exact) mass is 405 g/mol. The third-order valence-electron chi connectivity index (χ3n) is 4.48. The number of rotatable bonds is 6. The van der Waals surface area contributed by atoms with Crippen molar-refractivity contribution in [3.63, 3.8) is 0 Å². The number of hydrogen-bond donors (Lipinski definition) is 1. The van der Waals surface area contributed by atoms with Crippen LogP contribution in [0.3, 0.4) is 0 Å². The molecule has 9 heteroatoms. The Bertz CT molecular complexity index is 1200. The second-order valence-corrected chi connectivity index (χ2v) is 6.27. The fourth-order valence-electron chi connectivity index (χ4n) is 2.85. The molecule has 0 aliphatic carbocycles. The number of nitrogens with zero attached hydrogens (tertiary/aromatic N) is 5. The molecule has 0 aliphatic rings. The first-order valence-electron chi connectivity index (χ1n) is 8.89. The average Bonchev–Trinajstić information content (AvgIpc) is 2.77. The number of aromatic hydroxyl groups is 1. The number of aromatic nitrogens is 2. The Morgan fingerprint density at radius 1 is 1.23 bits per heavy atom. The van der Waals surface area contributed by atoms with Gasteiger partial charge in [-0.3, -0.25) is 14.3 Å². The zero-order chi connectivity index (χ0) is 21.7. The molecule has 2 heterocycles. The molecule has 9 nitrogen and oxygen atoms in total. The molecule has 2 aromatic heterocycles. The minimum absolute atomic E-state index is 0.0296. The van der Waals surface area contributed by atoms with E-state index in [0.717, 1.165) is 4.57 Å². The highest BCUT2D eigenvalue weighted by Gasteiger charge is 2.19. The molecule has 0 radical (unpaired) electrons. The summed E-state index contributed by atoms with van der Waals surface area (Å²) in [5.74, 6) is 0.563. The highest BCUT2D eigenvalue weighted by Crippen LogP contribution is 2.33. The van der Waals surface area contributed by atoms with Crippen molar-refractivity contribution >= 4 is 11.4 Å². The highest BCUT2D eigenvalue weighted by molar-refractivity contribution is 5.58. The topological polar surface area (TPSA) is 122 Å². The summed E-state index contributed by atoms with van der Waals surface area (Å²) in [6, 6.07) is 10.4. The van der Waals surface area contributed by atoms with Crippen molar-refractivity contribution in [2.45, 2.75) is 13.5 Å². The molecular weight excluding hydrogens is 386 g/mol. The molecule has 3 aromatic rings. The molecule has 3 rings (SSSR count). The van der Waals surface area contributed by atoms with Crippen molar-refractivity contribution in [1.82, 2.24) is 9.55 Å². The van der Waals surface area contributed by atoms with Crippen molar-refractivity contribution in [3.8, 4) is 23.4 Å². The molecule has 30 heavy (non-hydrogen) atoms. The summed E-state index contributed by atoms with van der Waals surface area (Å²) in [4.78, 5) is 17.0. The lowest BCUT2D eigenvalue weighted by Gasteiger charge is -2.13. The molecule has 0 fully saturated rings. The molecule has 1 N–H and O–H groups in total. The summed E-state index contributed by atoms with van der Waals surface area (Å²) in [6.45, 7) is 1.57. The van der Waals surface area contributed by atoms with Gasteiger partial charge >= 0.3 is 0 Å². The van der Waals surface area contributed by atoms with Crippen LogP contribution in [0.5, 0.6) is 17.4 Å². The van der Waals surface area contributed by atoms with Gasteiger partial charge in [-0.2, -0.15) is 5.26 Å². The molecule has 0 atom stereocenters. The van der Waals surface area contributed by atoms with Gasteiger partial charge in [0.05, 0.1) is 20.8 Å². The minimum atomic E-state index is -0.580. The molecule has 0 bridgehead atoms. The SMILES string of the molecule is COc1ccc(N=Nc2c(C)c(C#N)c(O)n(Cc3cccnc3)c2=O)c(OC)c1. The Labute approximate surface area is 172 Å². The van der Waals surface area contributed by atoms with E-state index in [1.165, 1.54) is 21.1 Å². The standard InChI is InChI=1S/C21H19N5O4/c1-13-16(10-22)20(27)26(12-14-5-4-8-23-11-14)21(28)19(13)25-24-17-7-6-15(29-2)9-18(17)30-3/h4-9,11,27H,12H2,1-3H3. The first-order valence-corrected chi connectivity index (χ1v) is 8.89. The zero-order valence-electron chi connectivity index (χ0n) is 16.7. The number of ether oxygens (including phenoxy) is 2. The van der Waals surface area contributed by atoms with E-state index in [0.29, 0.717) is 22.7 Å². The lowest BCUT2D eigenvalue weighted by atomic mass is 10.1. The van der Waals surface area contributed by atoms with Gasteiger partial charge in [-0.05, 0) is 30.7 Å². The lowest BCUT2D eigenvalue weighted by molar-refractivity contribution is 0.395. The average molecular weight is 405 g/mol. The third kappa shape index (κ3) is 3.98. The van der Waals surface area contributed by atoms with Gasteiger partial charge in [0.15, 0.2) is 5.69 Å². The smallest absolute Gasteiger partial charge is 0.281 e. The maximum absolute atomic E-state index is 13.0. The van der Waals surface area contributed by atoms with Crippen LogP contribution in [0.15, 0.2) is 57.7 Å². The first-order chi connectivity index (χ1) is 14.5. The summed E-state index contributed by atoms with van der Waals surface area (Å²) in [5.41, 5.74) is 0.618. The maximum Gasteiger partial charge on any atom is 0.281 e. The van der Waals surface area contributed by atoms with Gasteiger partial charge in [0.1, 0.15) is 28.8 Å². The first kappa shape index (κ1) is 20.5. The van der Waals surface area contributed by atoms with E-state index in [-0.39, 0.29) is 23.4 Å². The van der Waals surface area contributed by atoms with Crippen LogP contribution in [0, 0.1) is 18.3 Å². The van der Waals surface area contributed by atoms with Gasteiger partial charge in [0, 0.05) is 24.0 Å². The van der Waals surface area contributed by atoms with Crippen LogP contribution in [0.4, 0.5) is 11.4 Å². The van der Waals surface area contributed by atoms with E-state index >= 15 is 0 Å². The van der Waals surface area contributed by atoms with Crippen LogP contribution < -0.4 is 15.0 Å². The predicted molar refractivity (Wildman–Crippen MR) is 109 cm³/mol. The molecular formula is C21H19N5O4. The summed E-state index contributed by atoms with van der Waals surface area (Å²) in [7, 11) is 3.01. The molecule has 0 amide bonds. The molecule has 0 saturated carbocycles. The van der Waals surface area contributed by atoms with E-state index in [9.17, 15) is 15.2 Å². The Kier molecular flexibility index (Phi) is 6.08. The van der Waals surface area contributed by atoms with E-state index < -0.39 is 11.4 Å². The van der Waals surface area contributed by atoms with Crippen LogP contribution in [0.1, 0.15) is 16.7 Å². The van der Waals surface area contributed by atoms with Crippen molar-refractivity contribution < 1.29 is 14.6 Å². The van der Waals surface area contributed by atoms with Gasteiger partial charge in [-0.25, -0.2) is 0 Å². The lowest BCUT2D eigenvalue weighted by Crippen LogP contribution is -2.22. The number of benzene rings is 1. The van der Waals surface area contributed by atoms with Crippen LogP contribution >= 0.6 is 0 Å². The fraction of sp³-hybridized carbons (Fsp3) is 0.190. The number of hydrogen-bond acceptors (Lipinski definition) is 8. The van der Waals surface area contributed by atoms with Gasteiger partial charge < -0.3 is 14.6 Å². The quantitative estimate of drug-likeness (QED) is 0.625. The van der Waals surface area contributed by atoms with Gasteiger partial charge in [0.2, 0.25) is 5.88 Å².